The molecule has 3 aliphatic carbocycles. The molecule has 13 heavy (non-hydrogen) atoms. The Morgan fingerprint density at radius 2 is 1.23 bits per heavy atom. The van der Waals surface area contributed by atoms with E-state index in [4.69, 9.17) is 0 Å². The van der Waals surface area contributed by atoms with Crippen LogP contribution < -0.4 is 0 Å². The van der Waals surface area contributed by atoms with Gasteiger partial charge in [-0.15, -0.1) is 0 Å². The Morgan fingerprint density at radius 3 is 1.69 bits per heavy atom. The van der Waals surface area contributed by atoms with Gasteiger partial charge in [-0.25, -0.2) is 0 Å². The Kier molecular flexibility index (Phi) is 2.47. The molecule has 0 aromatic carbocycles. The lowest BCUT2D eigenvalue weighted by molar-refractivity contribution is -0.129. The lowest BCUT2D eigenvalue weighted by Gasteiger charge is -2.27. The van der Waals surface area contributed by atoms with Crippen LogP contribution in [-0.4, -0.2) is 11.6 Å². The van der Waals surface area contributed by atoms with Crippen molar-refractivity contribution < 1.29 is 9.59 Å². The van der Waals surface area contributed by atoms with Crippen molar-refractivity contribution in [2.45, 2.75) is 44.9 Å². The zero-order valence-electron chi connectivity index (χ0n) is 7.92. The number of rotatable bonds is 0. The summed E-state index contributed by atoms with van der Waals surface area (Å²) in [7, 11) is 0. The summed E-state index contributed by atoms with van der Waals surface area (Å²) in [6, 6.07) is 0. The van der Waals surface area contributed by atoms with E-state index in [1.807, 2.05) is 0 Å². The van der Waals surface area contributed by atoms with Gasteiger partial charge >= 0.3 is 0 Å². The largest absolute Gasteiger partial charge is 0.299 e. The highest BCUT2D eigenvalue weighted by Gasteiger charge is 2.30. The van der Waals surface area contributed by atoms with E-state index in [9.17, 15) is 9.59 Å². The Balaban J connectivity index is 2.16. The Morgan fingerprint density at radius 1 is 0.769 bits per heavy atom. The van der Waals surface area contributed by atoms with Crippen molar-refractivity contribution in [1.82, 2.24) is 0 Å². The van der Waals surface area contributed by atoms with Crippen LogP contribution in [0.1, 0.15) is 44.9 Å². The molecule has 0 aromatic rings. The van der Waals surface area contributed by atoms with E-state index in [1.165, 1.54) is 0 Å². The first-order valence-electron chi connectivity index (χ1n) is 5.33. The summed E-state index contributed by atoms with van der Waals surface area (Å²) in [4.78, 5) is 23.1. The second-order valence-corrected chi connectivity index (χ2v) is 4.33. The average Bonchev–Trinajstić information content (AvgIpc) is 2.07. The lowest BCUT2D eigenvalue weighted by Crippen LogP contribution is -2.27. The molecule has 2 unspecified atom stereocenters. The molecule has 0 heterocycles. The van der Waals surface area contributed by atoms with E-state index in [1.54, 1.807) is 0 Å². The molecule has 2 atom stereocenters. The highest BCUT2D eigenvalue weighted by Crippen LogP contribution is 2.31. The second kappa shape index (κ2) is 3.60. The van der Waals surface area contributed by atoms with Crippen molar-refractivity contribution in [3.05, 3.63) is 0 Å². The minimum absolute atomic E-state index is 0.213. The van der Waals surface area contributed by atoms with Gasteiger partial charge in [0.05, 0.1) is 0 Å². The highest BCUT2D eigenvalue weighted by atomic mass is 16.1. The average molecular weight is 180 g/mol. The third-order valence-corrected chi connectivity index (χ3v) is 3.49. The van der Waals surface area contributed by atoms with E-state index in [0.29, 0.717) is 24.4 Å². The Hall–Kier alpha value is -0.660. The Bertz CT molecular complexity index is 208. The van der Waals surface area contributed by atoms with Crippen molar-refractivity contribution in [1.29, 1.82) is 0 Å². The molecule has 0 amide bonds. The normalized spacial score (nSPS) is 35.4. The zero-order valence-corrected chi connectivity index (χ0v) is 7.92. The number of hydrogen-bond acceptors (Lipinski definition) is 2. The molecule has 0 radical (unpaired) electrons. The zero-order chi connectivity index (χ0) is 9.26. The quantitative estimate of drug-likeness (QED) is 0.572. The summed E-state index contributed by atoms with van der Waals surface area (Å²) in [5.74, 6) is 1.25. The number of carbonyl (C=O) groups is 2. The smallest absolute Gasteiger partial charge is 0.136 e. The van der Waals surface area contributed by atoms with Crippen molar-refractivity contribution >= 4 is 11.6 Å². The summed E-state index contributed by atoms with van der Waals surface area (Å²) in [5.41, 5.74) is 0. The van der Waals surface area contributed by atoms with Gasteiger partial charge in [-0.1, -0.05) is 6.42 Å². The van der Waals surface area contributed by atoms with Crippen molar-refractivity contribution in [2.75, 3.05) is 0 Å². The number of fused-ring (bicyclic) bond motifs is 6. The minimum Gasteiger partial charge on any atom is -0.299 e. The molecule has 0 aromatic heterocycles. The molecule has 2 heteroatoms. The molecule has 0 N–H and O–H groups in total. The van der Waals surface area contributed by atoms with Crippen LogP contribution in [0, 0.1) is 11.8 Å². The number of Topliss-reactive ketones (excluding diaryl/α,β-unsaturated/α-hetero) is 2. The first-order valence-corrected chi connectivity index (χ1v) is 5.33. The van der Waals surface area contributed by atoms with Gasteiger partial charge in [-0.05, 0) is 25.7 Å². The third-order valence-electron chi connectivity index (χ3n) is 3.49. The van der Waals surface area contributed by atoms with Gasteiger partial charge in [-0.3, -0.25) is 9.59 Å². The van der Waals surface area contributed by atoms with Gasteiger partial charge < -0.3 is 0 Å². The second-order valence-electron chi connectivity index (χ2n) is 4.33. The molecule has 2 bridgehead atoms. The molecule has 0 spiro atoms. The third kappa shape index (κ3) is 1.82. The first-order chi connectivity index (χ1) is 6.27. The predicted octanol–water partition coefficient (Wildman–Crippen LogP) is 2.11. The Labute approximate surface area is 78.7 Å². The summed E-state index contributed by atoms with van der Waals surface area (Å²) in [6.45, 7) is 0. The highest BCUT2D eigenvalue weighted by molar-refractivity contribution is 5.86. The van der Waals surface area contributed by atoms with E-state index in [0.717, 1.165) is 32.1 Å². The topological polar surface area (TPSA) is 34.1 Å². The summed E-state index contributed by atoms with van der Waals surface area (Å²) in [5, 5.41) is 0. The number of hydrogen-bond donors (Lipinski definition) is 0. The van der Waals surface area contributed by atoms with Crippen LogP contribution in [0.3, 0.4) is 0 Å². The SMILES string of the molecule is O=C1CCC2CCCC1CCC2=O. The number of carbonyl (C=O) groups excluding carboxylic acids is 2. The molecule has 3 fully saturated rings. The lowest BCUT2D eigenvalue weighted by atomic mass is 9.76. The van der Waals surface area contributed by atoms with Gasteiger partial charge in [0, 0.05) is 24.7 Å². The molecule has 3 saturated carbocycles. The molecule has 0 aliphatic heterocycles. The molecule has 2 nitrogen and oxygen atoms in total. The van der Waals surface area contributed by atoms with Crippen LogP contribution in [0.2, 0.25) is 0 Å². The fraction of sp³-hybridized carbons (Fsp3) is 0.818. The van der Waals surface area contributed by atoms with Crippen molar-refractivity contribution in [2.24, 2.45) is 11.8 Å². The summed E-state index contributed by atoms with van der Waals surface area (Å²) < 4.78 is 0. The fourth-order valence-electron chi connectivity index (χ4n) is 2.58. The first kappa shape index (κ1) is 8.92. The van der Waals surface area contributed by atoms with Crippen molar-refractivity contribution in [3.8, 4) is 0 Å². The fourth-order valence-corrected chi connectivity index (χ4v) is 2.58. The van der Waals surface area contributed by atoms with E-state index >= 15 is 0 Å². The molecule has 3 rings (SSSR count). The van der Waals surface area contributed by atoms with Crippen LogP contribution in [0.15, 0.2) is 0 Å². The van der Waals surface area contributed by atoms with Gasteiger partial charge in [0.2, 0.25) is 0 Å². The maximum Gasteiger partial charge on any atom is 0.136 e. The van der Waals surface area contributed by atoms with E-state index < -0.39 is 0 Å². The van der Waals surface area contributed by atoms with E-state index in [2.05, 4.69) is 0 Å². The molecular formula is C11H16O2. The van der Waals surface area contributed by atoms with Gasteiger partial charge in [0.15, 0.2) is 0 Å². The van der Waals surface area contributed by atoms with Crippen molar-refractivity contribution in [3.63, 3.8) is 0 Å². The summed E-state index contributed by atoms with van der Waals surface area (Å²) in [6.07, 6.45) is 6.10. The predicted molar refractivity (Wildman–Crippen MR) is 49.3 cm³/mol. The van der Waals surface area contributed by atoms with Gasteiger partial charge in [-0.2, -0.15) is 0 Å². The minimum atomic E-state index is 0.213. The monoisotopic (exact) mass is 180 g/mol. The van der Waals surface area contributed by atoms with Crippen LogP contribution in [-0.2, 0) is 9.59 Å². The van der Waals surface area contributed by atoms with E-state index in [-0.39, 0.29) is 11.8 Å². The number of ketones is 2. The molecule has 72 valence electrons. The van der Waals surface area contributed by atoms with Crippen LogP contribution in [0.5, 0.6) is 0 Å². The van der Waals surface area contributed by atoms with Crippen LogP contribution >= 0.6 is 0 Å². The summed E-state index contributed by atoms with van der Waals surface area (Å²) >= 11 is 0. The molecule has 0 saturated heterocycles. The maximum absolute atomic E-state index is 11.6. The maximum atomic E-state index is 11.6. The molecular weight excluding hydrogens is 164 g/mol. The van der Waals surface area contributed by atoms with Gasteiger partial charge in [0.25, 0.3) is 0 Å². The standard InChI is InChI=1S/C11H16O2/c12-10-7-5-9-3-1-2-8(10)4-6-11(9)13/h8-9H,1-7H2. The van der Waals surface area contributed by atoms with Crippen LogP contribution in [0.25, 0.3) is 0 Å². The molecule has 3 aliphatic rings. The van der Waals surface area contributed by atoms with Gasteiger partial charge in [0.1, 0.15) is 11.6 Å². The van der Waals surface area contributed by atoms with Crippen LogP contribution in [0.4, 0.5) is 0 Å².